The Morgan fingerprint density at radius 1 is 1.10 bits per heavy atom. The summed E-state index contributed by atoms with van der Waals surface area (Å²) in [5, 5.41) is 2.86. The SMILES string of the molecule is Cc1ccc(O[C@H](C)C(=O)Nc2ccc(C)cc2Br)cc1. The number of ether oxygens (including phenoxy) is 1. The number of anilines is 1. The molecule has 21 heavy (non-hydrogen) atoms. The molecule has 0 aliphatic carbocycles. The highest BCUT2D eigenvalue weighted by atomic mass is 79.9. The van der Waals surface area contributed by atoms with Crippen LogP contribution in [0.25, 0.3) is 0 Å². The van der Waals surface area contributed by atoms with Gasteiger partial charge in [0, 0.05) is 4.47 Å². The predicted molar refractivity (Wildman–Crippen MR) is 88.8 cm³/mol. The molecule has 0 unspecified atom stereocenters. The number of benzene rings is 2. The molecule has 2 rings (SSSR count). The first-order valence-corrected chi connectivity index (χ1v) is 7.55. The zero-order valence-electron chi connectivity index (χ0n) is 12.3. The van der Waals surface area contributed by atoms with Crippen LogP contribution in [0, 0.1) is 13.8 Å². The van der Waals surface area contributed by atoms with E-state index in [-0.39, 0.29) is 5.91 Å². The monoisotopic (exact) mass is 347 g/mol. The summed E-state index contributed by atoms with van der Waals surface area (Å²) in [6, 6.07) is 13.4. The molecular weight excluding hydrogens is 330 g/mol. The first-order valence-electron chi connectivity index (χ1n) is 6.76. The molecular formula is C17H18BrNO2. The molecule has 2 aromatic carbocycles. The van der Waals surface area contributed by atoms with E-state index < -0.39 is 6.10 Å². The Hall–Kier alpha value is -1.81. The van der Waals surface area contributed by atoms with E-state index in [0.717, 1.165) is 21.3 Å². The minimum absolute atomic E-state index is 0.180. The summed E-state index contributed by atoms with van der Waals surface area (Å²) in [5.41, 5.74) is 3.02. The van der Waals surface area contributed by atoms with Crippen molar-refractivity contribution in [3.8, 4) is 5.75 Å². The number of aryl methyl sites for hydroxylation is 2. The molecule has 0 saturated carbocycles. The van der Waals surface area contributed by atoms with Crippen LogP contribution in [0.5, 0.6) is 5.75 Å². The standard InChI is InChI=1S/C17H18BrNO2/c1-11-4-7-14(8-5-11)21-13(3)17(20)19-16-9-6-12(2)10-15(16)18/h4-10,13H,1-3H3,(H,19,20)/t13-/m1/s1. The minimum atomic E-state index is -0.569. The van der Waals surface area contributed by atoms with Crippen molar-refractivity contribution in [2.24, 2.45) is 0 Å². The van der Waals surface area contributed by atoms with Gasteiger partial charge in [-0.2, -0.15) is 0 Å². The van der Waals surface area contributed by atoms with Crippen molar-refractivity contribution in [3.63, 3.8) is 0 Å². The van der Waals surface area contributed by atoms with Crippen LogP contribution in [0.3, 0.4) is 0 Å². The molecule has 3 nitrogen and oxygen atoms in total. The van der Waals surface area contributed by atoms with Crippen molar-refractivity contribution >= 4 is 27.5 Å². The molecule has 0 aliphatic rings. The van der Waals surface area contributed by atoms with E-state index in [0.29, 0.717) is 5.75 Å². The largest absolute Gasteiger partial charge is 0.481 e. The zero-order valence-corrected chi connectivity index (χ0v) is 13.9. The molecule has 1 atom stereocenters. The Balaban J connectivity index is 2.00. The second-order valence-corrected chi connectivity index (χ2v) is 5.90. The summed E-state index contributed by atoms with van der Waals surface area (Å²) < 4.78 is 6.50. The molecule has 0 saturated heterocycles. The number of carbonyl (C=O) groups is 1. The Kier molecular flexibility index (Phi) is 5.02. The van der Waals surface area contributed by atoms with Gasteiger partial charge < -0.3 is 10.1 Å². The lowest BCUT2D eigenvalue weighted by atomic mass is 10.2. The fourth-order valence-corrected chi connectivity index (χ4v) is 2.42. The van der Waals surface area contributed by atoms with Crippen LogP contribution in [-0.2, 0) is 4.79 Å². The van der Waals surface area contributed by atoms with Gasteiger partial charge in [-0.25, -0.2) is 0 Å². The third kappa shape index (κ3) is 4.33. The maximum atomic E-state index is 12.2. The van der Waals surface area contributed by atoms with Crippen molar-refractivity contribution in [2.75, 3.05) is 5.32 Å². The third-order valence-corrected chi connectivity index (χ3v) is 3.74. The lowest BCUT2D eigenvalue weighted by Crippen LogP contribution is -2.30. The van der Waals surface area contributed by atoms with Gasteiger partial charge >= 0.3 is 0 Å². The molecule has 0 fully saturated rings. The molecule has 0 spiro atoms. The smallest absolute Gasteiger partial charge is 0.265 e. The van der Waals surface area contributed by atoms with Gasteiger partial charge in [0.1, 0.15) is 5.75 Å². The second-order valence-electron chi connectivity index (χ2n) is 5.05. The van der Waals surface area contributed by atoms with Gasteiger partial charge in [0.15, 0.2) is 6.10 Å². The van der Waals surface area contributed by atoms with E-state index in [1.807, 2.05) is 56.3 Å². The van der Waals surface area contributed by atoms with E-state index in [1.54, 1.807) is 6.92 Å². The molecule has 2 aromatic rings. The van der Waals surface area contributed by atoms with Gasteiger partial charge in [-0.1, -0.05) is 23.8 Å². The quantitative estimate of drug-likeness (QED) is 0.885. The van der Waals surface area contributed by atoms with Crippen LogP contribution in [-0.4, -0.2) is 12.0 Å². The lowest BCUT2D eigenvalue weighted by molar-refractivity contribution is -0.122. The van der Waals surface area contributed by atoms with Crippen LogP contribution < -0.4 is 10.1 Å². The Morgan fingerprint density at radius 2 is 1.71 bits per heavy atom. The first-order chi connectivity index (χ1) is 9.95. The fourth-order valence-electron chi connectivity index (χ4n) is 1.83. The summed E-state index contributed by atoms with van der Waals surface area (Å²) in [6.07, 6.45) is -0.569. The van der Waals surface area contributed by atoms with Gasteiger partial charge in [0.2, 0.25) is 0 Å². The number of hydrogen-bond acceptors (Lipinski definition) is 2. The fraction of sp³-hybridized carbons (Fsp3) is 0.235. The van der Waals surface area contributed by atoms with Crippen LogP contribution in [0.2, 0.25) is 0 Å². The number of amides is 1. The highest BCUT2D eigenvalue weighted by Gasteiger charge is 2.15. The first kappa shape index (κ1) is 15.6. The second kappa shape index (κ2) is 6.76. The van der Waals surface area contributed by atoms with E-state index in [2.05, 4.69) is 21.2 Å². The average Bonchev–Trinajstić information content (AvgIpc) is 2.44. The van der Waals surface area contributed by atoms with Crippen LogP contribution in [0.4, 0.5) is 5.69 Å². The van der Waals surface area contributed by atoms with E-state index in [9.17, 15) is 4.79 Å². The predicted octanol–water partition coefficient (Wildman–Crippen LogP) is 4.47. The Morgan fingerprint density at radius 3 is 2.33 bits per heavy atom. The minimum Gasteiger partial charge on any atom is -0.481 e. The normalized spacial score (nSPS) is 11.8. The lowest BCUT2D eigenvalue weighted by Gasteiger charge is -2.15. The third-order valence-electron chi connectivity index (χ3n) is 3.09. The van der Waals surface area contributed by atoms with Gasteiger partial charge in [0.05, 0.1) is 5.69 Å². The van der Waals surface area contributed by atoms with Crippen molar-refractivity contribution in [3.05, 3.63) is 58.1 Å². The van der Waals surface area contributed by atoms with Crippen molar-refractivity contribution in [2.45, 2.75) is 26.9 Å². The van der Waals surface area contributed by atoms with Crippen LogP contribution >= 0.6 is 15.9 Å². The molecule has 4 heteroatoms. The summed E-state index contributed by atoms with van der Waals surface area (Å²) in [7, 11) is 0. The number of hydrogen-bond donors (Lipinski definition) is 1. The Labute approximate surface area is 133 Å². The van der Waals surface area contributed by atoms with Crippen LogP contribution in [0.15, 0.2) is 46.9 Å². The maximum Gasteiger partial charge on any atom is 0.265 e. The Bertz CT molecular complexity index is 638. The molecule has 0 aromatic heterocycles. The molecule has 1 N–H and O–H groups in total. The number of carbonyl (C=O) groups excluding carboxylic acids is 1. The zero-order chi connectivity index (χ0) is 15.4. The summed E-state index contributed by atoms with van der Waals surface area (Å²) >= 11 is 3.44. The van der Waals surface area contributed by atoms with Gasteiger partial charge in [-0.05, 0) is 66.5 Å². The summed E-state index contributed by atoms with van der Waals surface area (Å²) in [6.45, 7) is 5.74. The summed E-state index contributed by atoms with van der Waals surface area (Å²) in [4.78, 5) is 12.2. The number of nitrogens with one attached hydrogen (secondary N) is 1. The molecule has 0 aliphatic heterocycles. The number of halogens is 1. The molecule has 1 amide bonds. The van der Waals surface area contributed by atoms with Crippen molar-refractivity contribution < 1.29 is 9.53 Å². The van der Waals surface area contributed by atoms with Gasteiger partial charge in [-0.15, -0.1) is 0 Å². The van der Waals surface area contributed by atoms with Crippen molar-refractivity contribution in [1.82, 2.24) is 0 Å². The highest BCUT2D eigenvalue weighted by Crippen LogP contribution is 2.23. The van der Waals surface area contributed by atoms with E-state index in [1.165, 1.54) is 0 Å². The van der Waals surface area contributed by atoms with Gasteiger partial charge in [-0.3, -0.25) is 4.79 Å². The number of rotatable bonds is 4. The summed E-state index contributed by atoms with van der Waals surface area (Å²) in [5.74, 6) is 0.506. The molecule has 110 valence electrons. The van der Waals surface area contributed by atoms with Crippen LogP contribution in [0.1, 0.15) is 18.1 Å². The van der Waals surface area contributed by atoms with Crippen molar-refractivity contribution in [1.29, 1.82) is 0 Å². The molecule has 0 heterocycles. The molecule has 0 bridgehead atoms. The van der Waals surface area contributed by atoms with E-state index >= 15 is 0 Å². The maximum absolute atomic E-state index is 12.2. The highest BCUT2D eigenvalue weighted by molar-refractivity contribution is 9.10. The topological polar surface area (TPSA) is 38.3 Å². The average molecular weight is 348 g/mol. The molecule has 0 radical (unpaired) electrons. The van der Waals surface area contributed by atoms with Gasteiger partial charge in [0.25, 0.3) is 5.91 Å². The van der Waals surface area contributed by atoms with E-state index in [4.69, 9.17) is 4.74 Å².